The molecule has 0 fully saturated rings. The van der Waals surface area contributed by atoms with Crippen LogP contribution in [0.2, 0.25) is 0 Å². The third kappa shape index (κ3) is 2.27. The summed E-state index contributed by atoms with van der Waals surface area (Å²) in [5.74, 6) is 0.241. The van der Waals surface area contributed by atoms with Crippen molar-refractivity contribution in [1.82, 2.24) is 0 Å². The quantitative estimate of drug-likeness (QED) is 0.871. The number of ether oxygens (including phenoxy) is 3. The normalized spacial score (nSPS) is 14.5. The highest BCUT2D eigenvalue weighted by atomic mass is 16.7. The number of hydrogen-bond donors (Lipinski definition) is 1. The maximum atomic E-state index is 11.1. The second-order valence-corrected chi connectivity index (χ2v) is 3.84. The molecule has 5 heteroatoms. The van der Waals surface area contributed by atoms with Crippen molar-refractivity contribution >= 4 is 5.97 Å². The molecule has 0 saturated carbocycles. The number of benzene rings is 1. The first-order chi connectivity index (χ1) is 8.11. The lowest BCUT2D eigenvalue weighted by molar-refractivity contribution is 0.0689. The van der Waals surface area contributed by atoms with Crippen molar-refractivity contribution < 1.29 is 24.1 Å². The second kappa shape index (κ2) is 4.53. The first-order valence-electron chi connectivity index (χ1n) is 5.45. The fourth-order valence-electron chi connectivity index (χ4n) is 1.49. The SMILES string of the molecule is CCC(C)Oc1cc2c(cc1C(=O)O)OCO2. The van der Waals surface area contributed by atoms with Crippen LogP contribution >= 0.6 is 0 Å². The van der Waals surface area contributed by atoms with Gasteiger partial charge in [-0.3, -0.25) is 0 Å². The van der Waals surface area contributed by atoms with Gasteiger partial charge in [0.2, 0.25) is 6.79 Å². The Kier molecular flexibility index (Phi) is 3.08. The number of fused-ring (bicyclic) bond motifs is 1. The molecule has 92 valence electrons. The van der Waals surface area contributed by atoms with Crippen molar-refractivity contribution in [3.05, 3.63) is 17.7 Å². The second-order valence-electron chi connectivity index (χ2n) is 3.84. The molecular weight excluding hydrogens is 224 g/mol. The van der Waals surface area contributed by atoms with Crippen molar-refractivity contribution in [2.45, 2.75) is 26.4 Å². The number of rotatable bonds is 4. The maximum Gasteiger partial charge on any atom is 0.339 e. The van der Waals surface area contributed by atoms with Gasteiger partial charge in [0, 0.05) is 12.1 Å². The van der Waals surface area contributed by atoms with E-state index in [2.05, 4.69) is 0 Å². The Balaban J connectivity index is 2.38. The zero-order valence-corrected chi connectivity index (χ0v) is 9.73. The standard InChI is InChI=1S/C12H14O5/c1-3-7(2)17-9-5-11-10(15-6-16-11)4-8(9)12(13)14/h4-5,7H,3,6H2,1-2H3,(H,13,14). The molecule has 0 saturated heterocycles. The van der Waals surface area contributed by atoms with E-state index in [-0.39, 0.29) is 18.5 Å². The van der Waals surface area contributed by atoms with Crippen molar-refractivity contribution in [3.63, 3.8) is 0 Å². The predicted octanol–water partition coefficient (Wildman–Crippen LogP) is 2.29. The molecule has 0 bridgehead atoms. The van der Waals surface area contributed by atoms with Crippen LogP contribution in [0.5, 0.6) is 17.2 Å². The van der Waals surface area contributed by atoms with Gasteiger partial charge in [-0.05, 0) is 13.3 Å². The molecule has 1 N–H and O–H groups in total. The average Bonchev–Trinajstić information content (AvgIpc) is 2.74. The minimum atomic E-state index is -1.04. The Morgan fingerprint density at radius 2 is 2.12 bits per heavy atom. The van der Waals surface area contributed by atoms with E-state index in [0.29, 0.717) is 17.2 Å². The molecule has 0 aromatic heterocycles. The number of carboxylic acid groups (broad SMARTS) is 1. The van der Waals surface area contributed by atoms with Gasteiger partial charge in [0.25, 0.3) is 0 Å². The van der Waals surface area contributed by atoms with Gasteiger partial charge in [-0.2, -0.15) is 0 Å². The van der Waals surface area contributed by atoms with E-state index in [9.17, 15) is 4.79 Å². The highest BCUT2D eigenvalue weighted by molar-refractivity contribution is 5.92. The van der Waals surface area contributed by atoms with Gasteiger partial charge in [-0.15, -0.1) is 0 Å². The van der Waals surface area contributed by atoms with Gasteiger partial charge >= 0.3 is 5.97 Å². The third-order valence-corrected chi connectivity index (χ3v) is 2.61. The first-order valence-corrected chi connectivity index (χ1v) is 5.45. The molecule has 1 aliphatic rings. The third-order valence-electron chi connectivity index (χ3n) is 2.61. The summed E-state index contributed by atoms with van der Waals surface area (Å²) in [6.07, 6.45) is 0.751. The van der Waals surface area contributed by atoms with Crippen LogP contribution in [0.15, 0.2) is 12.1 Å². The molecular formula is C12H14O5. The summed E-state index contributed by atoms with van der Waals surface area (Å²) in [6, 6.07) is 3.00. The molecule has 5 nitrogen and oxygen atoms in total. The molecule has 1 atom stereocenters. The van der Waals surface area contributed by atoms with E-state index in [4.69, 9.17) is 19.3 Å². The number of carboxylic acids is 1. The predicted molar refractivity (Wildman–Crippen MR) is 59.9 cm³/mol. The molecule has 1 aromatic carbocycles. The van der Waals surface area contributed by atoms with Gasteiger partial charge in [-0.1, -0.05) is 6.92 Å². The molecule has 1 heterocycles. The highest BCUT2D eigenvalue weighted by Crippen LogP contribution is 2.38. The summed E-state index contributed by atoms with van der Waals surface area (Å²) >= 11 is 0. The van der Waals surface area contributed by atoms with Crippen molar-refractivity contribution in [1.29, 1.82) is 0 Å². The van der Waals surface area contributed by atoms with Crippen LogP contribution in [0.3, 0.4) is 0 Å². The summed E-state index contributed by atoms with van der Waals surface area (Å²) in [5.41, 5.74) is 0.0922. The Hall–Kier alpha value is -1.91. The van der Waals surface area contributed by atoms with Crippen LogP contribution in [-0.2, 0) is 0 Å². The van der Waals surface area contributed by atoms with Crippen molar-refractivity contribution in [3.8, 4) is 17.2 Å². The van der Waals surface area contributed by atoms with E-state index >= 15 is 0 Å². The summed E-state index contributed by atoms with van der Waals surface area (Å²) in [4.78, 5) is 11.1. The van der Waals surface area contributed by atoms with Gasteiger partial charge in [0.1, 0.15) is 11.3 Å². The van der Waals surface area contributed by atoms with Gasteiger partial charge in [0.15, 0.2) is 11.5 Å². The smallest absolute Gasteiger partial charge is 0.339 e. The largest absolute Gasteiger partial charge is 0.490 e. The topological polar surface area (TPSA) is 65.0 Å². The zero-order valence-electron chi connectivity index (χ0n) is 9.73. The van der Waals surface area contributed by atoms with E-state index in [0.717, 1.165) is 6.42 Å². The summed E-state index contributed by atoms with van der Waals surface area (Å²) in [5, 5.41) is 9.11. The van der Waals surface area contributed by atoms with Gasteiger partial charge in [-0.25, -0.2) is 4.79 Å². The molecule has 17 heavy (non-hydrogen) atoms. The van der Waals surface area contributed by atoms with Crippen molar-refractivity contribution in [2.75, 3.05) is 6.79 Å². The Morgan fingerprint density at radius 1 is 1.47 bits per heavy atom. The molecule has 1 aliphatic heterocycles. The van der Waals surface area contributed by atoms with Gasteiger partial charge < -0.3 is 19.3 Å². The minimum Gasteiger partial charge on any atom is -0.490 e. The lowest BCUT2D eigenvalue weighted by Gasteiger charge is -2.15. The lowest BCUT2D eigenvalue weighted by atomic mass is 10.1. The van der Waals surface area contributed by atoms with Crippen molar-refractivity contribution in [2.24, 2.45) is 0 Å². The molecule has 0 amide bonds. The van der Waals surface area contributed by atoms with Crippen LogP contribution in [0, 0.1) is 0 Å². The Labute approximate surface area is 98.9 Å². The summed E-state index contributed by atoms with van der Waals surface area (Å²) < 4.78 is 15.9. The number of carbonyl (C=O) groups is 1. The van der Waals surface area contributed by atoms with E-state index in [1.165, 1.54) is 6.07 Å². The molecule has 2 rings (SSSR count). The average molecular weight is 238 g/mol. The fraction of sp³-hybridized carbons (Fsp3) is 0.417. The maximum absolute atomic E-state index is 11.1. The van der Waals surface area contributed by atoms with E-state index in [1.54, 1.807) is 6.07 Å². The molecule has 0 radical (unpaired) electrons. The van der Waals surface area contributed by atoms with E-state index < -0.39 is 5.97 Å². The first kappa shape index (κ1) is 11.6. The number of hydrogen-bond acceptors (Lipinski definition) is 4. The van der Waals surface area contributed by atoms with Crippen LogP contribution in [0.1, 0.15) is 30.6 Å². The van der Waals surface area contributed by atoms with E-state index in [1.807, 2.05) is 13.8 Å². The molecule has 1 unspecified atom stereocenters. The monoisotopic (exact) mass is 238 g/mol. The van der Waals surface area contributed by atoms with Gasteiger partial charge in [0.05, 0.1) is 6.10 Å². The van der Waals surface area contributed by atoms with Crippen LogP contribution < -0.4 is 14.2 Å². The molecule has 0 aliphatic carbocycles. The Morgan fingerprint density at radius 3 is 2.71 bits per heavy atom. The van der Waals surface area contributed by atoms with Crippen LogP contribution in [-0.4, -0.2) is 24.0 Å². The zero-order chi connectivity index (χ0) is 12.4. The molecule has 1 aromatic rings. The Bertz CT molecular complexity index is 441. The summed E-state index contributed by atoms with van der Waals surface area (Å²) in [6.45, 7) is 3.97. The van der Waals surface area contributed by atoms with Crippen LogP contribution in [0.4, 0.5) is 0 Å². The highest BCUT2D eigenvalue weighted by Gasteiger charge is 2.22. The number of aromatic carboxylic acids is 1. The lowest BCUT2D eigenvalue weighted by Crippen LogP contribution is -2.12. The molecule has 0 spiro atoms. The minimum absolute atomic E-state index is 0.0477. The van der Waals surface area contributed by atoms with Crippen LogP contribution in [0.25, 0.3) is 0 Å². The fourth-order valence-corrected chi connectivity index (χ4v) is 1.49. The summed E-state index contributed by atoms with van der Waals surface area (Å²) in [7, 11) is 0.